The van der Waals surface area contributed by atoms with E-state index in [1.807, 2.05) is 13.0 Å². The smallest absolute Gasteiger partial charge is 0.310 e. The van der Waals surface area contributed by atoms with Crippen molar-refractivity contribution in [2.24, 2.45) is 10.9 Å². The van der Waals surface area contributed by atoms with E-state index in [9.17, 15) is 9.90 Å². The molecule has 0 bridgehead atoms. The highest BCUT2D eigenvalue weighted by molar-refractivity contribution is 14.0. The minimum atomic E-state index is -0.118. The Kier molecular flexibility index (Phi) is 8.85. The molecule has 1 saturated heterocycles. The number of halogens is 1. The predicted molar refractivity (Wildman–Crippen MR) is 121 cm³/mol. The van der Waals surface area contributed by atoms with Crippen LogP contribution >= 0.6 is 24.0 Å². The number of aromatic hydroxyl groups is 1. The lowest BCUT2D eigenvalue weighted by Gasteiger charge is -2.34. The summed E-state index contributed by atoms with van der Waals surface area (Å²) in [5.74, 6) is 0.904. The monoisotopic (exact) mass is 501 g/mol. The third-order valence-corrected chi connectivity index (χ3v) is 5.60. The quantitative estimate of drug-likeness (QED) is 0.287. The van der Waals surface area contributed by atoms with E-state index in [2.05, 4.69) is 21.3 Å². The fourth-order valence-electron chi connectivity index (χ4n) is 4.21. The Balaban J connectivity index is 0.00000280. The van der Waals surface area contributed by atoms with Crippen molar-refractivity contribution in [1.82, 2.24) is 10.2 Å². The van der Waals surface area contributed by atoms with Crippen molar-refractivity contribution >= 4 is 35.9 Å². The van der Waals surface area contributed by atoms with Crippen LogP contribution < -0.4 is 5.32 Å². The molecule has 156 valence electrons. The van der Waals surface area contributed by atoms with Crippen molar-refractivity contribution < 1.29 is 14.6 Å². The molecule has 2 N–H and O–H groups in total. The van der Waals surface area contributed by atoms with Gasteiger partial charge in [-0.2, -0.15) is 0 Å². The largest absolute Gasteiger partial charge is 0.508 e. The van der Waals surface area contributed by atoms with E-state index in [0.717, 1.165) is 43.8 Å². The number of fused-ring (bicyclic) bond motifs is 1. The van der Waals surface area contributed by atoms with Gasteiger partial charge in [0.05, 0.1) is 12.5 Å². The van der Waals surface area contributed by atoms with Crippen molar-refractivity contribution in [3.63, 3.8) is 0 Å². The molecule has 7 heteroatoms. The van der Waals surface area contributed by atoms with Crippen LogP contribution in [0, 0.1) is 5.92 Å². The van der Waals surface area contributed by atoms with Gasteiger partial charge < -0.3 is 20.1 Å². The Morgan fingerprint density at radius 2 is 2.11 bits per heavy atom. The Bertz CT molecular complexity index is 708. The number of esters is 1. The molecule has 6 nitrogen and oxygen atoms in total. The number of hydrogen-bond acceptors (Lipinski definition) is 4. The zero-order valence-electron chi connectivity index (χ0n) is 16.9. The third kappa shape index (κ3) is 5.30. The number of carbonyl (C=O) groups excluding carboxylic acids is 1. The number of hydrogen-bond donors (Lipinski definition) is 2. The molecule has 0 radical (unpaired) electrons. The Labute approximate surface area is 184 Å². The highest BCUT2D eigenvalue weighted by atomic mass is 127. The zero-order valence-corrected chi connectivity index (χ0v) is 19.2. The van der Waals surface area contributed by atoms with Crippen molar-refractivity contribution in [2.75, 3.05) is 26.7 Å². The molecule has 0 spiro atoms. The first-order valence-corrected chi connectivity index (χ1v) is 10.1. The van der Waals surface area contributed by atoms with Crippen molar-refractivity contribution in [1.29, 1.82) is 0 Å². The van der Waals surface area contributed by atoms with Gasteiger partial charge in [-0.05, 0) is 62.6 Å². The van der Waals surface area contributed by atoms with Gasteiger partial charge in [-0.1, -0.05) is 6.07 Å². The number of benzene rings is 1. The number of piperidine rings is 1. The zero-order chi connectivity index (χ0) is 19.2. The van der Waals surface area contributed by atoms with E-state index in [1.54, 1.807) is 7.05 Å². The second-order valence-corrected chi connectivity index (χ2v) is 7.35. The van der Waals surface area contributed by atoms with Gasteiger partial charge in [-0.25, -0.2) is 0 Å². The molecule has 1 fully saturated rings. The Morgan fingerprint density at radius 1 is 1.32 bits per heavy atom. The number of likely N-dealkylation sites (tertiary alicyclic amines) is 1. The van der Waals surface area contributed by atoms with Gasteiger partial charge in [-0.15, -0.1) is 24.0 Å². The molecule has 1 heterocycles. The minimum absolute atomic E-state index is 0. The molecule has 1 atom stereocenters. The number of guanidine groups is 1. The molecule has 3 rings (SSSR count). The van der Waals surface area contributed by atoms with Crippen LogP contribution in [-0.2, 0) is 28.9 Å². The SMILES string of the molecule is CCOC(=O)C1CCCN(C(=NC)NCc2c(O)ccc3c2CCCC3)C1.I. The summed E-state index contributed by atoms with van der Waals surface area (Å²) in [4.78, 5) is 18.6. The first-order chi connectivity index (χ1) is 13.1. The van der Waals surface area contributed by atoms with Gasteiger partial charge >= 0.3 is 5.97 Å². The van der Waals surface area contributed by atoms with E-state index in [0.29, 0.717) is 25.4 Å². The fourth-order valence-corrected chi connectivity index (χ4v) is 4.21. The highest BCUT2D eigenvalue weighted by Gasteiger charge is 2.28. The normalized spacial score (nSPS) is 19.4. The molecular weight excluding hydrogens is 469 g/mol. The van der Waals surface area contributed by atoms with E-state index >= 15 is 0 Å². The number of phenolic OH excluding ortho intramolecular Hbond substituents is 1. The average Bonchev–Trinajstić information content (AvgIpc) is 2.70. The number of carbonyl (C=O) groups is 1. The average molecular weight is 501 g/mol. The topological polar surface area (TPSA) is 74.2 Å². The molecule has 1 aromatic carbocycles. The van der Waals surface area contributed by atoms with Crippen molar-refractivity contribution in [2.45, 2.75) is 52.0 Å². The lowest BCUT2D eigenvalue weighted by atomic mass is 9.88. The Morgan fingerprint density at radius 3 is 2.86 bits per heavy atom. The van der Waals surface area contributed by atoms with Crippen LogP contribution in [0.5, 0.6) is 5.75 Å². The first kappa shape index (κ1) is 22.8. The molecule has 1 aromatic rings. The first-order valence-electron chi connectivity index (χ1n) is 10.1. The standard InChI is InChI=1S/C21H31N3O3.HI/c1-3-27-20(26)16-8-6-12-24(14-16)21(22-2)23-13-18-17-9-5-4-7-15(17)10-11-19(18)25;/h10-11,16,25H,3-9,12-14H2,1-2H3,(H,22,23);1H. The van der Waals surface area contributed by atoms with E-state index in [1.165, 1.54) is 24.0 Å². The molecule has 28 heavy (non-hydrogen) atoms. The number of nitrogens with zero attached hydrogens (tertiary/aromatic N) is 2. The van der Waals surface area contributed by atoms with Crippen LogP contribution in [0.4, 0.5) is 0 Å². The van der Waals surface area contributed by atoms with Crippen LogP contribution in [0.1, 0.15) is 49.3 Å². The van der Waals surface area contributed by atoms with Crippen molar-refractivity contribution in [3.05, 3.63) is 28.8 Å². The summed E-state index contributed by atoms with van der Waals surface area (Å²) in [6.45, 7) is 4.29. The maximum atomic E-state index is 12.1. The third-order valence-electron chi connectivity index (χ3n) is 5.60. The molecule has 1 aliphatic carbocycles. The van der Waals surface area contributed by atoms with Crippen LogP contribution in [0.15, 0.2) is 17.1 Å². The van der Waals surface area contributed by atoms with Gasteiger partial charge in [0.1, 0.15) is 5.75 Å². The lowest BCUT2D eigenvalue weighted by molar-refractivity contribution is -0.149. The van der Waals surface area contributed by atoms with Gasteiger partial charge in [0, 0.05) is 32.2 Å². The summed E-state index contributed by atoms with van der Waals surface area (Å²) in [5.41, 5.74) is 3.62. The summed E-state index contributed by atoms with van der Waals surface area (Å²) in [7, 11) is 1.76. The number of phenols is 1. The van der Waals surface area contributed by atoms with Crippen molar-refractivity contribution in [3.8, 4) is 5.75 Å². The number of nitrogens with one attached hydrogen (secondary N) is 1. The summed E-state index contributed by atoms with van der Waals surface area (Å²) in [5, 5.41) is 13.8. The van der Waals surface area contributed by atoms with Crippen LogP contribution in [0.2, 0.25) is 0 Å². The highest BCUT2D eigenvalue weighted by Crippen LogP contribution is 2.30. The summed E-state index contributed by atoms with van der Waals surface area (Å²) in [6.07, 6.45) is 6.30. The van der Waals surface area contributed by atoms with Gasteiger partial charge in [-0.3, -0.25) is 9.79 Å². The number of ether oxygens (including phenoxy) is 1. The molecule has 0 saturated carbocycles. The van der Waals surface area contributed by atoms with Crippen LogP contribution in [0.25, 0.3) is 0 Å². The molecule has 0 amide bonds. The summed E-state index contributed by atoms with van der Waals surface area (Å²) < 4.78 is 5.19. The molecule has 1 aliphatic heterocycles. The second-order valence-electron chi connectivity index (χ2n) is 7.35. The maximum absolute atomic E-state index is 12.1. The summed E-state index contributed by atoms with van der Waals surface area (Å²) in [6, 6.07) is 3.86. The van der Waals surface area contributed by atoms with Gasteiger partial charge in [0.2, 0.25) is 0 Å². The molecule has 1 unspecified atom stereocenters. The summed E-state index contributed by atoms with van der Waals surface area (Å²) >= 11 is 0. The fraction of sp³-hybridized carbons (Fsp3) is 0.619. The number of aryl methyl sites for hydroxylation is 1. The van der Waals surface area contributed by atoms with Gasteiger partial charge in [0.15, 0.2) is 5.96 Å². The number of aliphatic imine (C=N–C) groups is 1. The molecule has 2 aliphatic rings. The van der Waals surface area contributed by atoms with Crippen LogP contribution in [0.3, 0.4) is 0 Å². The van der Waals surface area contributed by atoms with Crippen LogP contribution in [-0.4, -0.2) is 48.7 Å². The van der Waals surface area contributed by atoms with E-state index in [-0.39, 0.29) is 35.9 Å². The maximum Gasteiger partial charge on any atom is 0.310 e. The minimum Gasteiger partial charge on any atom is -0.508 e. The van der Waals surface area contributed by atoms with E-state index < -0.39 is 0 Å². The van der Waals surface area contributed by atoms with E-state index in [4.69, 9.17) is 4.74 Å². The molecule has 0 aromatic heterocycles. The van der Waals surface area contributed by atoms with Gasteiger partial charge in [0.25, 0.3) is 0 Å². The predicted octanol–water partition coefficient (Wildman–Crippen LogP) is 3.24. The molecular formula is C21H32IN3O3. The lowest BCUT2D eigenvalue weighted by Crippen LogP contribution is -2.48. The Hall–Kier alpha value is -1.51. The number of rotatable bonds is 4. The second kappa shape index (κ2) is 10.9.